The molecule has 2 nitrogen and oxygen atoms in total. The maximum Gasteiger partial charge on any atom is 0.154 e. The number of fused-ring (bicyclic) bond motifs is 5. The van der Waals surface area contributed by atoms with Gasteiger partial charge in [0.05, 0.1) is 6.61 Å². The Kier molecular flexibility index (Phi) is 1.50. The Balaban J connectivity index is 1.81. The van der Waals surface area contributed by atoms with Crippen molar-refractivity contribution in [2.75, 3.05) is 6.61 Å². The molecule has 3 rings (SSSR count). The van der Waals surface area contributed by atoms with Gasteiger partial charge in [0.25, 0.3) is 0 Å². The molecule has 1 N–H and O–H groups in total. The van der Waals surface area contributed by atoms with Crippen LogP contribution < -0.4 is 0 Å². The molecule has 0 amide bonds. The molecule has 5 atom stereocenters. The van der Waals surface area contributed by atoms with Crippen LogP contribution in [0.3, 0.4) is 0 Å². The molecule has 1 heterocycles. The molecule has 0 spiro atoms. The summed E-state index contributed by atoms with van der Waals surface area (Å²) in [6, 6.07) is 0. The molecule has 2 bridgehead atoms. The molecule has 0 aromatic carbocycles. The predicted octanol–water partition coefficient (Wildman–Crippen LogP) is 1.39. The van der Waals surface area contributed by atoms with Crippen LogP contribution in [0, 0.1) is 23.7 Å². The number of hydrogen-bond acceptors (Lipinski definition) is 2. The third-order valence-corrected chi connectivity index (χ3v) is 4.23. The van der Waals surface area contributed by atoms with Crippen LogP contribution in [0.1, 0.15) is 25.7 Å². The van der Waals surface area contributed by atoms with Crippen molar-refractivity contribution in [1.82, 2.24) is 0 Å². The lowest BCUT2D eigenvalue weighted by atomic mass is 9.76. The van der Waals surface area contributed by atoms with Crippen LogP contribution in [0.4, 0.5) is 0 Å². The van der Waals surface area contributed by atoms with Gasteiger partial charge in [0, 0.05) is 6.42 Å². The van der Waals surface area contributed by atoms with E-state index in [2.05, 4.69) is 0 Å². The van der Waals surface area contributed by atoms with Gasteiger partial charge in [-0.2, -0.15) is 0 Å². The molecule has 2 heteroatoms. The molecule has 0 aromatic rings. The van der Waals surface area contributed by atoms with Crippen molar-refractivity contribution < 1.29 is 9.84 Å². The second-order valence-corrected chi connectivity index (χ2v) is 4.68. The smallest absolute Gasteiger partial charge is 0.154 e. The first-order valence-electron chi connectivity index (χ1n) is 5.14. The number of rotatable bonds is 0. The van der Waals surface area contributed by atoms with E-state index in [-0.39, 0.29) is 0 Å². The summed E-state index contributed by atoms with van der Waals surface area (Å²) >= 11 is 0. The van der Waals surface area contributed by atoms with E-state index >= 15 is 0 Å². The van der Waals surface area contributed by atoms with E-state index in [0.717, 1.165) is 36.7 Å². The fourth-order valence-corrected chi connectivity index (χ4v) is 3.68. The minimum atomic E-state index is -0.453. The molecule has 68 valence electrons. The summed E-state index contributed by atoms with van der Waals surface area (Å²) in [6.07, 6.45) is 4.71. The number of hydrogen-bond donors (Lipinski definition) is 1. The van der Waals surface area contributed by atoms with Gasteiger partial charge in [-0.05, 0) is 42.9 Å². The Bertz CT molecular complexity index is 192. The van der Waals surface area contributed by atoms with E-state index in [0.29, 0.717) is 0 Å². The fraction of sp³-hybridized carbons (Fsp3) is 1.00. The first kappa shape index (κ1) is 7.34. The van der Waals surface area contributed by atoms with Gasteiger partial charge in [-0.3, -0.25) is 0 Å². The monoisotopic (exact) mass is 168 g/mol. The van der Waals surface area contributed by atoms with Gasteiger partial charge in [0.15, 0.2) is 6.29 Å². The quantitative estimate of drug-likeness (QED) is 0.592. The maximum absolute atomic E-state index is 9.36. The van der Waals surface area contributed by atoms with Crippen molar-refractivity contribution >= 4 is 0 Å². The Hall–Kier alpha value is -0.0800. The highest BCUT2D eigenvalue weighted by Crippen LogP contribution is 2.55. The minimum Gasteiger partial charge on any atom is -0.368 e. The average molecular weight is 168 g/mol. The standard InChI is InChI=1S/C10H16O2/c11-10-4-8-6-1-2-7(3-6)9(8)5-12-10/h6-11H,1-5H2/t6-,7+,8-,9+,10?/m0/s1. The third-order valence-electron chi connectivity index (χ3n) is 4.23. The van der Waals surface area contributed by atoms with Gasteiger partial charge in [-0.15, -0.1) is 0 Å². The largest absolute Gasteiger partial charge is 0.368 e. The highest BCUT2D eigenvalue weighted by Gasteiger charge is 2.49. The van der Waals surface area contributed by atoms with Crippen molar-refractivity contribution in [2.24, 2.45) is 23.7 Å². The maximum atomic E-state index is 9.36. The van der Waals surface area contributed by atoms with E-state index in [1.165, 1.54) is 19.3 Å². The van der Waals surface area contributed by atoms with E-state index in [9.17, 15) is 5.11 Å². The summed E-state index contributed by atoms with van der Waals surface area (Å²) in [7, 11) is 0. The van der Waals surface area contributed by atoms with Gasteiger partial charge in [-0.25, -0.2) is 0 Å². The van der Waals surface area contributed by atoms with Crippen LogP contribution >= 0.6 is 0 Å². The Morgan fingerprint density at radius 1 is 1.00 bits per heavy atom. The zero-order valence-electron chi connectivity index (χ0n) is 7.28. The van der Waals surface area contributed by atoms with E-state index < -0.39 is 6.29 Å². The predicted molar refractivity (Wildman–Crippen MR) is 44.4 cm³/mol. The Labute approximate surface area is 72.9 Å². The lowest BCUT2D eigenvalue weighted by Crippen LogP contribution is -2.36. The summed E-state index contributed by atoms with van der Waals surface area (Å²) in [6.45, 7) is 0.826. The summed E-state index contributed by atoms with van der Waals surface area (Å²) < 4.78 is 5.30. The van der Waals surface area contributed by atoms with Crippen molar-refractivity contribution in [2.45, 2.75) is 32.0 Å². The second kappa shape index (κ2) is 2.46. The van der Waals surface area contributed by atoms with Crippen LogP contribution in [-0.2, 0) is 4.74 Å². The Morgan fingerprint density at radius 3 is 2.58 bits per heavy atom. The highest BCUT2D eigenvalue weighted by molar-refractivity contribution is 4.97. The molecule has 2 aliphatic carbocycles. The van der Waals surface area contributed by atoms with Gasteiger partial charge in [-0.1, -0.05) is 0 Å². The lowest BCUT2D eigenvalue weighted by Gasteiger charge is -2.36. The molecule has 1 unspecified atom stereocenters. The van der Waals surface area contributed by atoms with Crippen molar-refractivity contribution in [3.63, 3.8) is 0 Å². The minimum absolute atomic E-state index is 0.453. The summed E-state index contributed by atoms with van der Waals surface area (Å²) in [5.74, 6) is 3.46. The van der Waals surface area contributed by atoms with Gasteiger partial charge >= 0.3 is 0 Å². The molecule has 1 aliphatic heterocycles. The van der Waals surface area contributed by atoms with E-state index in [1.54, 1.807) is 0 Å². The summed E-state index contributed by atoms with van der Waals surface area (Å²) in [4.78, 5) is 0. The normalized spacial score (nSPS) is 57.2. The summed E-state index contributed by atoms with van der Waals surface area (Å²) in [5.41, 5.74) is 0. The highest BCUT2D eigenvalue weighted by atomic mass is 16.6. The SMILES string of the molecule is OC1C[C@H]2[C@H]3CC[C@H](C3)[C@H]2CO1. The molecule has 3 aliphatic rings. The third kappa shape index (κ3) is 0.882. The first-order chi connectivity index (χ1) is 5.84. The molecule has 1 saturated heterocycles. The molecule has 2 saturated carbocycles. The number of aliphatic hydroxyl groups is 1. The zero-order valence-corrected chi connectivity index (χ0v) is 7.28. The van der Waals surface area contributed by atoms with Gasteiger partial charge in [0.2, 0.25) is 0 Å². The molecular formula is C10H16O2. The van der Waals surface area contributed by atoms with Crippen LogP contribution in [-0.4, -0.2) is 18.0 Å². The molecule has 12 heavy (non-hydrogen) atoms. The molecular weight excluding hydrogens is 152 g/mol. The van der Waals surface area contributed by atoms with Crippen LogP contribution in [0.2, 0.25) is 0 Å². The van der Waals surface area contributed by atoms with E-state index in [1.807, 2.05) is 0 Å². The van der Waals surface area contributed by atoms with E-state index in [4.69, 9.17) is 4.74 Å². The van der Waals surface area contributed by atoms with Crippen LogP contribution in [0.15, 0.2) is 0 Å². The molecule has 0 aromatic heterocycles. The topological polar surface area (TPSA) is 29.5 Å². The first-order valence-corrected chi connectivity index (χ1v) is 5.14. The summed E-state index contributed by atoms with van der Waals surface area (Å²) in [5, 5.41) is 9.36. The van der Waals surface area contributed by atoms with Gasteiger partial charge in [0.1, 0.15) is 0 Å². The lowest BCUT2D eigenvalue weighted by molar-refractivity contribution is -0.166. The second-order valence-electron chi connectivity index (χ2n) is 4.68. The van der Waals surface area contributed by atoms with Crippen molar-refractivity contribution in [1.29, 1.82) is 0 Å². The van der Waals surface area contributed by atoms with Crippen LogP contribution in [0.25, 0.3) is 0 Å². The van der Waals surface area contributed by atoms with Crippen molar-refractivity contribution in [3.05, 3.63) is 0 Å². The van der Waals surface area contributed by atoms with Gasteiger partial charge < -0.3 is 9.84 Å². The van der Waals surface area contributed by atoms with Crippen LogP contribution in [0.5, 0.6) is 0 Å². The Morgan fingerprint density at radius 2 is 1.75 bits per heavy atom. The average Bonchev–Trinajstić information content (AvgIpc) is 2.63. The number of aliphatic hydroxyl groups excluding tert-OH is 1. The molecule has 0 radical (unpaired) electrons. The zero-order chi connectivity index (χ0) is 8.13. The van der Waals surface area contributed by atoms with Crippen molar-refractivity contribution in [3.8, 4) is 0 Å². The fourth-order valence-electron chi connectivity index (χ4n) is 3.68. The number of ether oxygens (including phenoxy) is 1. The molecule has 3 fully saturated rings.